The first-order valence-corrected chi connectivity index (χ1v) is 11.4. The molecule has 3 aromatic carbocycles. The van der Waals surface area contributed by atoms with Crippen molar-refractivity contribution in [2.45, 2.75) is 12.5 Å². The number of nitrogens with one attached hydrogen (secondary N) is 2. The second kappa shape index (κ2) is 11.4. The van der Waals surface area contributed by atoms with Crippen molar-refractivity contribution in [1.82, 2.24) is 4.90 Å². The van der Waals surface area contributed by atoms with Crippen LogP contribution < -0.4 is 24.8 Å². The predicted octanol–water partition coefficient (Wildman–Crippen LogP) is 4.05. The summed E-state index contributed by atoms with van der Waals surface area (Å²) in [7, 11) is 3.50. The topological polar surface area (TPSA) is 89.1 Å². The molecular formula is C27H29N3O5. The molecule has 0 saturated carbocycles. The van der Waals surface area contributed by atoms with Gasteiger partial charge in [-0.3, -0.25) is 9.59 Å². The van der Waals surface area contributed by atoms with Gasteiger partial charge in [-0.05, 0) is 55.6 Å². The molecule has 4 rings (SSSR count). The van der Waals surface area contributed by atoms with Crippen LogP contribution >= 0.6 is 0 Å². The fourth-order valence-corrected chi connectivity index (χ4v) is 3.76. The summed E-state index contributed by atoms with van der Waals surface area (Å²) in [4.78, 5) is 27.0. The number of hydrogen-bond donors (Lipinski definition) is 2. The van der Waals surface area contributed by atoms with E-state index in [-0.39, 0.29) is 17.9 Å². The fourth-order valence-electron chi connectivity index (χ4n) is 3.76. The van der Waals surface area contributed by atoms with Crippen molar-refractivity contribution in [3.63, 3.8) is 0 Å². The summed E-state index contributed by atoms with van der Waals surface area (Å²) in [5, 5.41) is 5.71. The summed E-state index contributed by atoms with van der Waals surface area (Å²) >= 11 is 0. The third-order valence-corrected chi connectivity index (χ3v) is 5.59. The summed E-state index contributed by atoms with van der Waals surface area (Å²) in [6.45, 7) is 1.70. The van der Waals surface area contributed by atoms with Crippen molar-refractivity contribution >= 4 is 23.2 Å². The quantitative estimate of drug-likeness (QED) is 0.486. The van der Waals surface area contributed by atoms with E-state index in [2.05, 4.69) is 10.6 Å². The number of carbonyl (C=O) groups excluding carboxylic acids is 2. The third kappa shape index (κ3) is 6.51. The van der Waals surface area contributed by atoms with Gasteiger partial charge in [0.2, 0.25) is 5.91 Å². The highest BCUT2D eigenvalue weighted by atomic mass is 16.6. The second-order valence-corrected chi connectivity index (χ2v) is 8.29. The largest absolute Gasteiger partial charge is 0.495 e. The van der Waals surface area contributed by atoms with Crippen LogP contribution in [0.1, 0.15) is 16.8 Å². The molecule has 1 heterocycles. The maximum Gasteiger partial charge on any atom is 0.255 e. The number of likely N-dealkylation sites (N-methyl/N-ethyl adjacent to an activating group) is 1. The zero-order chi connectivity index (χ0) is 24.6. The molecule has 0 aliphatic carbocycles. The van der Waals surface area contributed by atoms with E-state index >= 15 is 0 Å². The number of fused-ring (bicyclic) bond motifs is 1. The van der Waals surface area contributed by atoms with E-state index in [0.717, 1.165) is 11.5 Å². The Morgan fingerprint density at radius 1 is 0.971 bits per heavy atom. The third-order valence-electron chi connectivity index (χ3n) is 5.59. The van der Waals surface area contributed by atoms with Gasteiger partial charge in [0.05, 0.1) is 12.8 Å². The first-order valence-electron chi connectivity index (χ1n) is 11.4. The van der Waals surface area contributed by atoms with Crippen molar-refractivity contribution < 1.29 is 23.8 Å². The van der Waals surface area contributed by atoms with Crippen molar-refractivity contribution in [3.05, 3.63) is 78.4 Å². The highest BCUT2D eigenvalue weighted by Crippen LogP contribution is 2.31. The molecule has 0 bridgehead atoms. The molecule has 8 heteroatoms. The number of ether oxygens (including phenoxy) is 3. The SMILES string of the molecule is COc1ccccc1NC(=O)c1ccc(NC(=O)CCN(C)CC2COc3ccccc3O2)cc1. The highest BCUT2D eigenvalue weighted by molar-refractivity contribution is 6.05. The number of anilines is 2. The van der Waals surface area contributed by atoms with E-state index < -0.39 is 0 Å². The van der Waals surface area contributed by atoms with E-state index in [4.69, 9.17) is 14.2 Å². The molecule has 1 aliphatic rings. The van der Waals surface area contributed by atoms with Gasteiger partial charge >= 0.3 is 0 Å². The number of benzene rings is 3. The van der Waals surface area contributed by atoms with E-state index in [1.165, 1.54) is 0 Å². The summed E-state index contributed by atoms with van der Waals surface area (Å²) in [6, 6.07) is 21.6. The van der Waals surface area contributed by atoms with Crippen LogP contribution in [0.4, 0.5) is 11.4 Å². The average molecular weight is 476 g/mol. The monoisotopic (exact) mass is 475 g/mol. The molecule has 2 N–H and O–H groups in total. The van der Waals surface area contributed by atoms with Gasteiger partial charge in [0.25, 0.3) is 5.91 Å². The van der Waals surface area contributed by atoms with Crippen molar-refractivity contribution in [3.8, 4) is 17.2 Å². The fraction of sp³-hybridized carbons (Fsp3) is 0.259. The number of nitrogens with zero attached hydrogens (tertiary/aromatic N) is 1. The van der Waals surface area contributed by atoms with E-state index in [1.54, 1.807) is 43.5 Å². The first-order chi connectivity index (χ1) is 17.0. The molecule has 0 aromatic heterocycles. The summed E-state index contributed by atoms with van der Waals surface area (Å²) in [5.74, 6) is 1.73. The minimum Gasteiger partial charge on any atom is -0.495 e. The van der Waals surface area contributed by atoms with Crippen LogP contribution in [-0.4, -0.2) is 56.7 Å². The van der Waals surface area contributed by atoms with Gasteiger partial charge in [0.15, 0.2) is 11.5 Å². The smallest absolute Gasteiger partial charge is 0.255 e. The minimum atomic E-state index is -0.259. The van der Waals surface area contributed by atoms with Crippen LogP contribution in [0.2, 0.25) is 0 Å². The maximum absolute atomic E-state index is 12.5. The van der Waals surface area contributed by atoms with Crippen molar-refractivity contribution in [2.24, 2.45) is 0 Å². The van der Waals surface area contributed by atoms with Crippen LogP contribution in [0.5, 0.6) is 17.2 Å². The predicted molar refractivity (Wildman–Crippen MR) is 134 cm³/mol. The lowest BCUT2D eigenvalue weighted by Crippen LogP contribution is -2.40. The summed E-state index contributed by atoms with van der Waals surface area (Å²) in [5.41, 5.74) is 1.70. The standard InChI is InChI=1S/C27H29N3O5/c1-30(17-21-18-34-24-9-5-6-10-25(24)35-21)16-15-26(31)28-20-13-11-19(12-14-20)27(32)29-22-7-3-4-8-23(22)33-2/h3-14,21H,15-18H2,1-2H3,(H,28,31)(H,29,32). The molecular weight excluding hydrogens is 446 g/mol. The number of rotatable bonds is 9. The number of amides is 2. The van der Waals surface area contributed by atoms with E-state index in [0.29, 0.717) is 48.8 Å². The normalized spacial score (nSPS) is 14.3. The van der Waals surface area contributed by atoms with Crippen LogP contribution in [-0.2, 0) is 4.79 Å². The van der Waals surface area contributed by atoms with Crippen LogP contribution in [0.3, 0.4) is 0 Å². The molecule has 1 aliphatic heterocycles. The van der Waals surface area contributed by atoms with Crippen LogP contribution in [0.25, 0.3) is 0 Å². The first kappa shape index (κ1) is 24.1. The van der Waals surface area contributed by atoms with Crippen molar-refractivity contribution in [1.29, 1.82) is 0 Å². The second-order valence-electron chi connectivity index (χ2n) is 8.29. The molecule has 8 nitrogen and oxygen atoms in total. The van der Waals surface area contributed by atoms with E-state index in [1.807, 2.05) is 48.3 Å². The molecule has 35 heavy (non-hydrogen) atoms. The van der Waals surface area contributed by atoms with Gasteiger partial charge in [-0.15, -0.1) is 0 Å². The molecule has 2 amide bonds. The molecule has 1 unspecified atom stereocenters. The summed E-state index contributed by atoms with van der Waals surface area (Å²) < 4.78 is 17.0. The van der Waals surface area contributed by atoms with Gasteiger partial charge in [0.1, 0.15) is 18.5 Å². The molecule has 3 aromatic rings. The Labute approximate surface area is 204 Å². The van der Waals surface area contributed by atoms with Gasteiger partial charge < -0.3 is 29.7 Å². The lowest BCUT2D eigenvalue weighted by atomic mass is 10.2. The number of hydrogen-bond acceptors (Lipinski definition) is 6. The lowest BCUT2D eigenvalue weighted by Gasteiger charge is -2.29. The molecule has 182 valence electrons. The molecule has 0 radical (unpaired) electrons. The zero-order valence-electron chi connectivity index (χ0n) is 19.8. The Balaban J connectivity index is 1.21. The number of carbonyl (C=O) groups is 2. The zero-order valence-corrected chi connectivity index (χ0v) is 19.8. The molecule has 0 saturated heterocycles. The van der Waals surface area contributed by atoms with Gasteiger partial charge in [0, 0.05) is 30.8 Å². The van der Waals surface area contributed by atoms with Crippen LogP contribution in [0, 0.1) is 0 Å². The molecule has 1 atom stereocenters. The Kier molecular flexibility index (Phi) is 7.84. The lowest BCUT2D eigenvalue weighted by molar-refractivity contribution is -0.116. The Bertz CT molecular complexity index is 1170. The minimum absolute atomic E-state index is 0.0903. The Morgan fingerprint density at radius 2 is 1.69 bits per heavy atom. The maximum atomic E-state index is 12.5. The van der Waals surface area contributed by atoms with Crippen molar-refractivity contribution in [2.75, 3.05) is 44.5 Å². The molecule has 0 fully saturated rings. The number of methoxy groups -OCH3 is 1. The Morgan fingerprint density at radius 3 is 2.46 bits per heavy atom. The van der Waals surface area contributed by atoms with Gasteiger partial charge in [-0.25, -0.2) is 0 Å². The van der Waals surface area contributed by atoms with Crippen LogP contribution in [0.15, 0.2) is 72.8 Å². The average Bonchev–Trinajstić information content (AvgIpc) is 2.88. The Hall–Kier alpha value is -4.04. The highest BCUT2D eigenvalue weighted by Gasteiger charge is 2.22. The van der Waals surface area contributed by atoms with E-state index in [9.17, 15) is 9.59 Å². The van der Waals surface area contributed by atoms with Gasteiger partial charge in [-0.2, -0.15) is 0 Å². The summed E-state index contributed by atoms with van der Waals surface area (Å²) in [6.07, 6.45) is 0.240. The van der Waals surface area contributed by atoms with Gasteiger partial charge in [-0.1, -0.05) is 24.3 Å². The molecule has 0 spiro atoms. The number of para-hydroxylation sites is 4.